The molecule has 2 N–H and O–H groups in total. The lowest BCUT2D eigenvalue weighted by molar-refractivity contribution is -0.181. The van der Waals surface area contributed by atoms with Crippen molar-refractivity contribution in [3.63, 3.8) is 0 Å². The monoisotopic (exact) mass is 398 g/mol. The normalized spacial score (nSPS) is 47.4. The van der Waals surface area contributed by atoms with Crippen molar-refractivity contribution in [2.45, 2.75) is 90.8 Å². The summed E-state index contributed by atoms with van der Waals surface area (Å²) in [5.41, 5.74) is 2.01. The second-order valence-corrected chi connectivity index (χ2v) is 10.7. The van der Waals surface area contributed by atoms with Crippen LogP contribution >= 0.6 is 0 Å². The van der Waals surface area contributed by atoms with Gasteiger partial charge in [-0.3, -0.25) is 4.79 Å². The lowest BCUT2D eigenvalue weighted by Gasteiger charge is -2.62. The summed E-state index contributed by atoms with van der Waals surface area (Å²) in [5, 5.41) is 22.4. The van der Waals surface area contributed by atoms with E-state index >= 15 is 0 Å². The Labute approximate surface area is 176 Å². The van der Waals surface area contributed by atoms with E-state index in [1.807, 2.05) is 6.08 Å². The van der Waals surface area contributed by atoms with Gasteiger partial charge in [0.05, 0.1) is 11.7 Å². The summed E-state index contributed by atoms with van der Waals surface area (Å²) in [6.45, 7) is 8.35. The summed E-state index contributed by atoms with van der Waals surface area (Å²) in [7, 11) is 0. The first-order chi connectivity index (χ1) is 13.7. The van der Waals surface area contributed by atoms with Gasteiger partial charge in [-0.15, -0.1) is 0 Å². The number of ketones is 1. The fourth-order valence-corrected chi connectivity index (χ4v) is 7.84. The van der Waals surface area contributed by atoms with Crippen molar-refractivity contribution in [1.29, 1.82) is 0 Å². The molecule has 0 aromatic rings. The molecule has 3 saturated carbocycles. The molecule has 0 radical (unpaired) electrons. The Balaban J connectivity index is 1.67. The van der Waals surface area contributed by atoms with E-state index in [-0.39, 0.29) is 22.7 Å². The van der Waals surface area contributed by atoms with Gasteiger partial charge in [-0.05, 0) is 100 Å². The Morgan fingerprint density at radius 1 is 1.07 bits per heavy atom. The SMILES string of the molecule is C/C=C(\C=C/C(C)=O)[C@H]1CC[C@]2(O)C3CCC4=C[C@@H](O)CC[C@]4(C)C3CC[C@]12C. The molecule has 7 atom stereocenters. The molecular weight excluding hydrogens is 360 g/mol. The molecule has 2 unspecified atom stereocenters. The standard InChI is InChI=1S/C26H38O3/c1-5-18(7-6-17(2)27)21-12-15-26(29)23-9-8-19-16-20(28)10-13-24(19,3)22(23)11-14-25(21,26)4/h5-7,16,20-23,28-29H,8-15H2,1-4H3/b7-6-,18-5+/t20-,21+,22?,23?,24-,25+,26-/m0/s1. The molecular formula is C26H38O3. The van der Waals surface area contributed by atoms with Gasteiger partial charge in [0, 0.05) is 5.41 Å². The molecule has 3 fully saturated rings. The quantitative estimate of drug-likeness (QED) is 0.393. The maximum absolute atomic E-state index is 12.2. The Kier molecular flexibility index (Phi) is 5.23. The smallest absolute Gasteiger partial charge is 0.152 e. The molecule has 0 aromatic carbocycles. The minimum absolute atomic E-state index is 0.0745. The lowest BCUT2D eigenvalue weighted by Crippen LogP contribution is -2.60. The van der Waals surface area contributed by atoms with Crippen molar-refractivity contribution in [3.8, 4) is 0 Å². The van der Waals surface area contributed by atoms with Crippen LogP contribution in [0.5, 0.6) is 0 Å². The van der Waals surface area contributed by atoms with Gasteiger partial charge < -0.3 is 10.2 Å². The van der Waals surface area contributed by atoms with Crippen LogP contribution in [0.15, 0.2) is 35.5 Å². The first-order valence-electron chi connectivity index (χ1n) is 11.6. The highest BCUT2D eigenvalue weighted by molar-refractivity contribution is 5.87. The first kappa shape index (κ1) is 21.1. The zero-order valence-electron chi connectivity index (χ0n) is 18.6. The zero-order valence-corrected chi connectivity index (χ0v) is 18.6. The number of fused-ring (bicyclic) bond motifs is 5. The molecule has 3 heteroatoms. The highest BCUT2D eigenvalue weighted by atomic mass is 16.3. The van der Waals surface area contributed by atoms with Crippen LogP contribution in [0.2, 0.25) is 0 Å². The van der Waals surface area contributed by atoms with Crippen LogP contribution in [0.3, 0.4) is 0 Å². The number of aliphatic hydroxyl groups is 2. The Bertz CT molecular complexity index is 777. The third-order valence-corrected chi connectivity index (χ3v) is 9.52. The molecule has 0 amide bonds. The summed E-state index contributed by atoms with van der Waals surface area (Å²) in [5.74, 6) is 1.23. The van der Waals surface area contributed by atoms with Gasteiger partial charge in [0.25, 0.3) is 0 Å². The number of carbonyl (C=O) groups excluding carboxylic acids is 1. The fraction of sp³-hybridized carbons (Fsp3) is 0.731. The summed E-state index contributed by atoms with van der Waals surface area (Å²) in [4.78, 5) is 11.5. The van der Waals surface area contributed by atoms with Gasteiger partial charge in [-0.25, -0.2) is 0 Å². The molecule has 0 aliphatic heterocycles. The zero-order chi connectivity index (χ0) is 21.0. The highest BCUT2D eigenvalue weighted by Crippen LogP contribution is 2.69. The minimum Gasteiger partial charge on any atom is -0.389 e. The van der Waals surface area contributed by atoms with Crippen LogP contribution in [-0.2, 0) is 4.79 Å². The number of hydrogen-bond donors (Lipinski definition) is 2. The number of rotatable bonds is 3. The van der Waals surface area contributed by atoms with Crippen molar-refractivity contribution < 1.29 is 15.0 Å². The summed E-state index contributed by atoms with van der Waals surface area (Å²) < 4.78 is 0. The van der Waals surface area contributed by atoms with Crippen molar-refractivity contribution >= 4 is 5.78 Å². The largest absolute Gasteiger partial charge is 0.389 e. The van der Waals surface area contributed by atoms with E-state index in [1.165, 1.54) is 11.1 Å². The Morgan fingerprint density at radius 2 is 1.83 bits per heavy atom. The maximum Gasteiger partial charge on any atom is 0.152 e. The van der Waals surface area contributed by atoms with Crippen molar-refractivity contribution in [3.05, 3.63) is 35.5 Å². The van der Waals surface area contributed by atoms with Crippen LogP contribution < -0.4 is 0 Å². The van der Waals surface area contributed by atoms with E-state index in [2.05, 4.69) is 32.9 Å². The van der Waals surface area contributed by atoms with Crippen LogP contribution in [0.4, 0.5) is 0 Å². The second-order valence-electron chi connectivity index (χ2n) is 10.7. The molecule has 29 heavy (non-hydrogen) atoms. The van der Waals surface area contributed by atoms with Crippen molar-refractivity contribution in [1.82, 2.24) is 0 Å². The third-order valence-electron chi connectivity index (χ3n) is 9.52. The highest BCUT2D eigenvalue weighted by Gasteiger charge is 2.66. The average molecular weight is 399 g/mol. The summed E-state index contributed by atoms with van der Waals surface area (Å²) in [6.07, 6.45) is 15.6. The van der Waals surface area contributed by atoms with Crippen LogP contribution in [-0.4, -0.2) is 27.7 Å². The molecule has 0 heterocycles. The predicted octanol–water partition coefficient (Wildman–Crippen LogP) is 5.13. The molecule has 0 spiro atoms. The average Bonchev–Trinajstić information content (AvgIpc) is 2.95. The summed E-state index contributed by atoms with van der Waals surface area (Å²) in [6, 6.07) is 0. The van der Waals surface area contributed by atoms with Crippen LogP contribution in [0.1, 0.15) is 79.1 Å². The molecule has 0 bridgehead atoms. The Hall–Kier alpha value is -1.19. The van der Waals surface area contributed by atoms with E-state index in [9.17, 15) is 15.0 Å². The van der Waals surface area contributed by atoms with Crippen LogP contribution in [0, 0.1) is 28.6 Å². The lowest BCUT2D eigenvalue weighted by atomic mass is 9.45. The van der Waals surface area contributed by atoms with Crippen molar-refractivity contribution in [2.75, 3.05) is 0 Å². The third kappa shape index (κ3) is 3.03. The predicted molar refractivity (Wildman–Crippen MR) is 116 cm³/mol. The van der Waals surface area contributed by atoms with Crippen molar-refractivity contribution in [2.24, 2.45) is 28.6 Å². The van der Waals surface area contributed by atoms with Crippen LogP contribution in [0.25, 0.3) is 0 Å². The van der Waals surface area contributed by atoms with Gasteiger partial charge in [0.2, 0.25) is 0 Å². The molecule has 4 aliphatic carbocycles. The summed E-state index contributed by atoms with van der Waals surface area (Å²) >= 11 is 0. The van der Waals surface area contributed by atoms with E-state index in [0.717, 1.165) is 51.4 Å². The molecule has 160 valence electrons. The topological polar surface area (TPSA) is 57.5 Å². The first-order valence-corrected chi connectivity index (χ1v) is 11.6. The number of carbonyl (C=O) groups is 1. The maximum atomic E-state index is 12.2. The molecule has 4 aliphatic rings. The second kappa shape index (κ2) is 7.20. The van der Waals surface area contributed by atoms with Gasteiger partial charge in [-0.1, -0.05) is 37.6 Å². The van der Waals surface area contributed by atoms with E-state index in [1.54, 1.807) is 13.0 Å². The minimum atomic E-state index is -0.635. The fourth-order valence-electron chi connectivity index (χ4n) is 7.84. The molecule has 4 rings (SSSR count). The molecule has 3 nitrogen and oxygen atoms in total. The van der Waals surface area contributed by atoms with Gasteiger partial charge in [0.15, 0.2) is 5.78 Å². The van der Waals surface area contributed by atoms with E-state index < -0.39 is 5.60 Å². The van der Waals surface area contributed by atoms with Gasteiger partial charge in [0.1, 0.15) is 0 Å². The number of aliphatic hydroxyl groups excluding tert-OH is 1. The number of hydrogen-bond acceptors (Lipinski definition) is 3. The van der Waals surface area contributed by atoms with E-state index in [4.69, 9.17) is 0 Å². The number of allylic oxidation sites excluding steroid dienone is 5. The van der Waals surface area contributed by atoms with Gasteiger partial charge in [-0.2, -0.15) is 0 Å². The Morgan fingerprint density at radius 3 is 2.52 bits per heavy atom. The molecule has 0 saturated heterocycles. The van der Waals surface area contributed by atoms with Gasteiger partial charge >= 0.3 is 0 Å². The van der Waals surface area contributed by atoms with E-state index in [0.29, 0.717) is 17.8 Å². The molecule has 0 aromatic heterocycles.